The van der Waals surface area contributed by atoms with Gasteiger partial charge in [0.25, 0.3) is 0 Å². The van der Waals surface area contributed by atoms with E-state index in [2.05, 4.69) is 5.32 Å². The van der Waals surface area contributed by atoms with Gasteiger partial charge in [0.05, 0.1) is 20.2 Å². The molecule has 0 radical (unpaired) electrons. The number of methoxy groups -OCH3 is 2. The van der Waals surface area contributed by atoms with Gasteiger partial charge in [0.15, 0.2) is 0 Å². The fourth-order valence-corrected chi connectivity index (χ4v) is 4.46. The predicted molar refractivity (Wildman–Crippen MR) is 122 cm³/mol. The number of amides is 4. The van der Waals surface area contributed by atoms with E-state index in [1.54, 1.807) is 41.1 Å². The van der Waals surface area contributed by atoms with Crippen molar-refractivity contribution >= 4 is 17.8 Å². The lowest BCUT2D eigenvalue weighted by molar-refractivity contribution is -0.190. The molecule has 1 aromatic carbocycles. The number of hydrazine groups is 1. The van der Waals surface area contributed by atoms with Gasteiger partial charge in [-0.15, -0.1) is 0 Å². The normalized spacial score (nSPS) is 21.5. The lowest BCUT2D eigenvalue weighted by Gasteiger charge is -2.55. The fourth-order valence-electron chi connectivity index (χ4n) is 4.46. The minimum Gasteiger partial charge on any atom is -0.497 e. The summed E-state index contributed by atoms with van der Waals surface area (Å²) in [6.07, 6.45) is 0.118. The summed E-state index contributed by atoms with van der Waals surface area (Å²) in [5, 5.41) is 6.15. The Morgan fingerprint density at radius 3 is 2.48 bits per heavy atom. The number of nitrogens with one attached hydrogen (secondary N) is 1. The highest BCUT2D eigenvalue weighted by Crippen LogP contribution is 2.29. The molecule has 2 saturated heterocycles. The van der Waals surface area contributed by atoms with Gasteiger partial charge in [0.1, 0.15) is 18.0 Å². The molecule has 2 aliphatic rings. The molecule has 0 bridgehead atoms. The van der Waals surface area contributed by atoms with Gasteiger partial charge >= 0.3 is 6.03 Å². The number of urea groups is 1. The standard InChI is InChI=1S/C23H35N5O5/c1-16(2)21-22(30)26(11-6-12-32-4)14-19-27(21)20(29)15-25(3)28(19)23(31)24-13-17-7-9-18(33-5)10-8-17/h7-10,16,19,21H,6,11-15H2,1-5H3,(H,24,31)/t19-,21-/m0/s1. The summed E-state index contributed by atoms with van der Waals surface area (Å²) < 4.78 is 10.3. The second-order valence-electron chi connectivity index (χ2n) is 8.77. The molecule has 2 fully saturated rings. The van der Waals surface area contributed by atoms with E-state index in [-0.39, 0.29) is 36.9 Å². The Bertz CT molecular complexity index is 846. The Labute approximate surface area is 195 Å². The second kappa shape index (κ2) is 10.8. The minimum absolute atomic E-state index is 0.0344. The zero-order valence-corrected chi connectivity index (χ0v) is 20.1. The molecule has 10 nitrogen and oxygen atoms in total. The van der Waals surface area contributed by atoms with Crippen molar-refractivity contribution in [3.8, 4) is 5.75 Å². The van der Waals surface area contributed by atoms with Crippen LogP contribution in [0.2, 0.25) is 0 Å². The Hall–Kier alpha value is -2.85. The van der Waals surface area contributed by atoms with E-state index in [1.165, 1.54) is 0 Å². The number of hydrogen-bond donors (Lipinski definition) is 1. The van der Waals surface area contributed by atoms with Crippen LogP contribution < -0.4 is 10.1 Å². The highest BCUT2D eigenvalue weighted by molar-refractivity contribution is 5.91. The molecule has 0 aliphatic carbocycles. The third-order valence-electron chi connectivity index (χ3n) is 6.09. The molecule has 2 atom stereocenters. The molecule has 1 N–H and O–H groups in total. The van der Waals surface area contributed by atoms with Crippen molar-refractivity contribution in [2.45, 2.75) is 39.0 Å². The second-order valence-corrected chi connectivity index (χ2v) is 8.77. The Morgan fingerprint density at radius 1 is 1.18 bits per heavy atom. The van der Waals surface area contributed by atoms with Crippen molar-refractivity contribution in [1.82, 2.24) is 25.1 Å². The summed E-state index contributed by atoms with van der Waals surface area (Å²) in [5.41, 5.74) is 0.928. The number of ether oxygens (including phenoxy) is 2. The fraction of sp³-hybridized carbons (Fsp3) is 0.609. The summed E-state index contributed by atoms with van der Waals surface area (Å²) >= 11 is 0. The maximum Gasteiger partial charge on any atom is 0.334 e. The van der Waals surface area contributed by atoms with E-state index in [4.69, 9.17) is 9.47 Å². The van der Waals surface area contributed by atoms with Crippen LogP contribution in [0.5, 0.6) is 5.75 Å². The molecule has 10 heteroatoms. The van der Waals surface area contributed by atoms with Crippen molar-refractivity contribution in [1.29, 1.82) is 0 Å². The van der Waals surface area contributed by atoms with Crippen LogP contribution >= 0.6 is 0 Å². The van der Waals surface area contributed by atoms with Crippen LogP contribution in [0, 0.1) is 5.92 Å². The molecule has 182 valence electrons. The van der Waals surface area contributed by atoms with Crippen molar-refractivity contribution in [3.05, 3.63) is 29.8 Å². The minimum atomic E-state index is -0.607. The van der Waals surface area contributed by atoms with E-state index in [0.29, 0.717) is 26.1 Å². The zero-order chi connectivity index (χ0) is 24.1. The smallest absolute Gasteiger partial charge is 0.334 e. The number of carbonyl (C=O) groups excluding carboxylic acids is 3. The molecule has 3 rings (SSSR count). The molecular weight excluding hydrogens is 426 g/mol. The summed E-state index contributed by atoms with van der Waals surface area (Å²) in [6, 6.07) is 6.54. The van der Waals surface area contributed by atoms with Gasteiger partial charge < -0.3 is 24.6 Å². The predicted octanol–water partition coefficient (Wildman–Crippen LogP) is 1.13. The lowest BCUT2D eigenvalue weighted by atomic mass is 9.96. The first-order valence-corrected chi connectivity index (χ1v) is 11.3. The van der Waals surface area contributed by atoms with Gasteiger partial charge in [-0.2, -0.15) is 0 Å². The molecule has 0 unspecified atom stereocenters. The Balaban J connectivity index is 1.80. The molecule has 2 heterocycles. The largest absolute Gasteiger partial charge is 0.497 e. The number of benzene rings is 1. The number of rotatable bonds is 8. The van der Waals surface area contributed by atoms with Crippen LogP contribution in [0.3, 0.4) is 0 Å². The van der Waals surface area contributed by atoms with Crippen LogP contribution in [-0.4, -0.2) is 97.4 Å². The van der Waals surface area contributed by atoms with E-state index in [9.17, 15) is 14.4 Å². The van der Waals surface area contributed by atoms with Gasteiger partial charge in [0, 0.05) is 33.9 Å². The number of carbonyl (C=O) groups is 3. The van der Waals surface area contributed by atoms with Crippen LogP contribution in [0.4, 0.5) is 4.79 Å². The van der Waals surface area contributed by atoms with Crippen LogP contribution in [0.1, 0.15) is 25.8 Å². The highest BCUT2D eigenvalue weighted by Gasteiger charge is 2.51. The van der Waals surface area contributed by atoms with Crippen LogP contribution in [0.15, 0.2) is 24.3 Å². The van der Waals surface area contributed by atoms with Crippen molar-refractivity contribution in [2.75, 3.05) is 47.5 Å². The number of likely N-dealkylation sites (N-methyl/N-ethyl adjacent to an activating group) is 1. The lowest BCUT2D eigenvalue weighted by Crippen LogP contribution is -2.76. The maximum absolute atomic E-state index is 13.3. The third kappa shape index (κ3) is 5.39. The number of fused-ring (bicyclic) bond motifs is 1. The SMILES string of the molecule is COCCCN1C[C@H]2N(C(=O)CN(C)N2C(=O)NCc2ccc(OC)cc2)[C@@H](C(C)C)C1=O. The average molecular weight is 462 g/mol. The molecular formula is C23H35N5O5. The summed E-state index contributed by atoms with van der Waals surface area (Å²) in [7, 11) is 4.95. The maximum atomic E-state index is 13.3. The van der Waals surface area contributed by atoms with Gasteiger partial charge in [0.2, 0.25) is 11.8 Å². The first-order chi connectivity index (χ1) is 15.8. The van der Waals surface area contributed by atoms with E-state index in [0.717, 1.165) is 11.3 Å². The molecule has 33 heavy (non-hydrogen) atoms. The van der Waals surface area contributed by atoms with Gasteiger partial charge in [-0.1, -0.05) is 26.0 Å². The van der Waals surface area contributed by atoms with Gasteiger partial charge in [-0.25, -0.2) is 14.8 Å². The summed E-state index contributed by atoms with van der Waals surface area (Å²) in [4.78, 5) is 42.9. The molecule has 0 aromatic heterocycles. The Kier molecular flexibility index (Phi) is 8.15. The Morgan fingerprint density at radius 2 is 1.88 bits per heavy atom. The van der Waals surface area contributed by atoms with E-state index < -0.39 is 12.2 Å². The monoisotopic (exact) mass is 461 g/mol. The third-order valence-corrected chi connectivity index (χ3v) is 6.09. The van der Waals surface area contributed by atoms with Crippen molar-refractivity contribution < 1.29 is 23.9 Å². The summed E-state index contributed by atoms with van der Waals surface area (Å²) in [5.74, 6) is 0.441. The van der Waals surface area contributed by atoms with Crippen molar-refractivity contribution in [3.63, 3.8) is 0 Å². The molecule has 1 aromatic rings. The molecule has 0 spiro atoms. The summed E-state index contributed by atoms with van der Waals surface area (Å²) in [6.45, 7) is 5.53. The highest BCUT2D eigenvalue weighted by atomic mass is 16.5. The quantitative estimate of drug-likeness (QED) is 0.583. The number of nitrogens with zero attached hydrogens (tertiary/aromatic N) is 4. The average Bonchev–Trinajstić information content (AvgIpc) is 2.78. The van der Waals surface area contributed by atoms with E-state index in [1.807, 2.05) is 38.1 Å². The molecule has 2 aliphatic heterocycles. The first-order valence-electron chi connectivity index (χ1n) is 11.3. The van der Waals surface area contributed by atoms with E-state index >= 15 is 0 Å². The van der Waals surface area contributed by atoms with Crippen molar-refractivity contribution in [2.24, 2.45) is 5.92 Å². The van der Waals surface area contributed by atoms with Gasteiger partial charge in [-0.05, 0) is 30.0 Å². The first kappa shape index (κ1) is 24.8. The van der Waals surface area contributed by atoms with Gasteiger partial charge in [-0.3, -0.25) is 9.59 Å². The molecule has 0 saturated carbocycles. The molecule has 4 amide bonds. The zero-order valence-electron chi connectivity index (χ0n) is 20.1. The van der Waals surface area contributed by atoms with Crippen LogP contribution in [0.25, 0.3) is 0 Å². The number of piperazine rings is 1. The number of hydrogen-bond acceptors (Lipinski definition) is 6. The topological polar surface area (TPSA) is 94.7 Å². The van der Waals surface area contributed by atoms with Crippen LogP contribution in [-0.2, 0) is 20.9 Å².